The fraction of sp³-hybridized carbons (Fsp3) is 0.167. The number of hydrogen-bond acceptors (Lipinski definition) is 4. The van der Waals surface area contributed by atoms with Crippen LogP contribution in [0.4, 0.5) is 17.1 Å². The van der Waals surface area contributed by atoms with E-state index < -0.39 is 5.97 Å². The van der Waals surface area contributed by atoms with Gasteiger partial charge in [-0.2, -0.15) is 0 Å². The second kappa shape index (κ2) is 9.22. The van der Waals surface area contributed by atoms with Gasteiger partial charge in [0.2, 0.25) is 0 Å². The molecule has 7 heteroatoms. The molecule has 31 heavy (non-hydrogen) atoms. The first kappa shape index (κ1) is 20.9. The average Bonchev–Trinajstić information content (AvgIpc) is 2.80. The molecule has 3 aromatic carbocycles. The van der Waals surface area contributed by atoms with Gasteiger partial charge in [-0.25, -0.2) is 4.79 Å². The summed E-state index contributed by atoms with van der Waals surface area (Å²) in [6.07, 6.45) is 0. The van der Waals surface area contributed by atoms with Crippen LogP contribution in [0.5, 0.6) is 0 Å². The number of hydrogen-bond donors (Lipinski definition) is 2. The number of benzene rings is 3. The van der Waals surface area contributed by atoms with Gasteiger partial charge < -0.3 is 20.2 Å². The summed E-state index contributed by atoms with van der Waals surface area (Å²) in [5.74, 6) is -1.42. The van der Waals surface area contributed by atoms with Crippen molar-refractivity contribution in [1.82, 2.24) is 0 Å². The van der Waals surface area contributed by atoms with Crippen LogP contribution in [0.2, 0.25) is 0 Å². The van der Waals surface area contributed by atoms with E-state index >= 15 is 0 Å². The summed E-state index contributed by atoms with van der Waals surface area (Å²) in [4.78, 5) is 28.9. The molecule has 1 saturated heterocycles. The maximum Gasteiger partial charge on any atom is 0.337 e. The maximum absolute atomic E-state index is 12.5. The minimum Gasteiger partial charge on any atom is -0.478 e. The van der Waals surface area contributed by atoms with Crippen LogP contribution in [0.1, 0.15) is 20.7 Å². The number of carbonyl (C=O) groups is 2. The molecule has 1 fully saturated rings. The Bertz CT molecular complexity index is 1080. The van der Waals surface area contributed by atoms with E-state index in [0.717, 1.165) is 36.3 Å². The van der Waals surface area contributed by atoms with Crippen molar-refractivity contribution in [3.8, 4) is 0 Å². The highest BCUT2D eigenvalue weighted by Crippen LogP contribution is 2.26. The number of carboxylic acids is 1. The molecule has 0 spiro atoms. The summed E-state index contributed by atoms with van der Waals surface area (Å²) in [6, 6.07) is 22.3. The van der Waals surface area contributed by atoms with Crippen molar-refractivity contribution < 1.29 is 14.7 Å². The number of nitrogens with one attached hydrogen (secondary N) is 1. The van der Waals surface area contributed by atoms with Crippen LogP contribution in [-0.4, -0.2) is 43.2 Å². The van der Waals surface area contributed by atoms with Crippen LogP contribution >= 0.6 is 15.9 Å². The molecular formula is C24H22BrN3O3. The van der Waals surface area contributed by atoms with Crippen molar-refractivity contribution in [3.05, 3.63) is 88.4 Å². The monoisotopic (exact) mass is 479 g/mol. The first-order valence-electron chi connectivity index (χ1n) is 10.0. The van der Waals surface area contributed by atoms with Crippen LogP contribution in [0.15, 0.2) is 77.3 Å². The number of rotatable bonds is 5. The lowest BCUT2D eigenvalue weighted by atomic mass is 10.1. The van der Waals surface area contributed by atoms with Crippen LogP contribution in [-0.2, 0) is 0 Å². The van der Waals surface area contributed by atoms with Gasteiger partial charge in [-0.15, -0.1) is 0 Å². The summed E-state index contributed by atoms with van der Waals surface area (Å²) in [5.41, 5.74) is 2.85. The summed E-state index contributed by atoms with van der Waals surface area (Å²) in [5, 5.41) is 12.4. The second-order valence-corrected chi connectivity index (χ2v) is 8.22. The van der Waals surface area contributed by atoms with Gasteiger partial charge in [0, 0.05) is 47.6 Å². The smallest absolute Gasteiger partial charge is 0.337 e. The molecule has 0 radical (unpaired) electrons. The molecule has 0 aromatic heterocycles. The topological polar surface area (TPSA) is 72.9 Å². The van der Waals surface area contributed by atoms with E-state index in [0.29, 0.717) is 5.56 Å². The van der Waals surface area contributed by atoms with Gasteiger partial charge in [0.25, 0.3) is 5.91 Å². The Kier molecular flexibility index (Phi) is 6.23. The quantitative estimate of drug-likeness (QED) is 0.553. The minimum absolute atomic E-state index is 0.0773. The summed E-state index contributed by atoms with van der Waals surface area (Å²) in [7, 11) is 0. The van der Waals surface area contributed by atoms with E-state index in [4.69, 9.17) is 0 Å². The molecular weight excluding hydrogens is 458 g/mol. The van der Waals surface area contributed by atoms with Gasteiger partial charge in [-0.1, -0.05) is 34.1 Å². The Hall–Kier alpha value is -3.32. The predicted molar refractivity (Wildman–Crippen MR) is 126 cm³/mol. The van der Waals surface area contributed by atoms with E-state index in [1.54, 1.807) is 36.4 Å². The highest BCUT2D eigenvalue weighted by Gasteiger charge is 2.20. The van der Waals surface area contributed by atoms with E-state index in [2.05, 4.69) is 43.2 Å². The Morgan fingerprint density at radius 1 is 0.806 bits per heavy atom. The molecule has 1 heterocycles. The van der Waals surface area contributed by atoms with Gasteiger partial charge in [-0.3, -0.25) is 4.79 Å². The number of carboxylic acid groups (broad SMARTS) is 1. The number of nitrogens with zero attached hydrogens (tertiary/aromatic N) is 2. The van der Waals surface area contributed by atoms with Gasteiger partial charge >= 0.3 is 5.97 Å². The SMILES string of the molecule is O=C(Nc1ccc(N2CCN(c3ccccc3)CC2)cc1C(=O)O)c1ccc(Br)cc1. The lowest BCUT2D eigenvalue weighted by Gasteiger charge is -2.37. The summed E-state index contributed by atoms with van der Waals surface area (Å²) in [6.45, 7) is 3.29. The normalized spacial score (nSPS) is 13.7. The van der Waals surface area contributed by atoms with Crippen molar-refractivity contribution in [2.24, 2.45) is 0 Å². The standard InChI is InChI=1S/C24H22BrN3O3/c25-18-8-6-17(7-9-18)23(29)26-22-11-10-20(16-21(22)24(30)31)28-14-12-27(13-15-28)19-4-2-1-3-5-19/h1-11,16H,12-15H2,(H,26,29)(H,30,31). The third-order valence-corrected chi connectivity index (χ3v) is 5.88. The fourth-order valence-corrected chi connectivity index (χ4v) is 3.94. The fourth-order valence-electron chi connectivity index (χ4n) is 3.67. The highest BCUT2D eigenvalue weighted by atomic mass is 79.9. The zero-order valence-corrected chi connectivity index (χ0v) is 18.4. The Labute approximate surface area is 189 Å². The molecule has 0 atom stereocenters. The lowest BCUT2D eigenvalue weighted by molar-refractivity contribution is 0.0698. The van der Waals surface area contributed by atoms with Crippen LogP contribution in [0.3, 0.4) is 0 Å². The molecule has 158 valence electrons. The predicted octanol–water partition coefficient (Wildman–Crippen LogP) is 4.73. The number of para-hydroxylation sites is 1. The molecule has 0 saturated carbocycles. The second-order valence-electron chi connectivity index (χ2n) is 7.31. The van der Waals surface area contributed by atoms with Crippen molar-refractivity contribution in [2.45, 2.75) is 0 Å². The number of amides is 1. The van der Waals surface area contributed by atoms with Crippen LogP contribution in [0, 0.1) is 0 Å². The van der Waals surface area contributed by atoms with E-state index in [1.807, 2.05) is 24.3 Å². The molecule has 0 bridgehead atoms. The largest absolute Gasteiger partial charge is 0.478 e. The molecule has 0 aliphatic carbocycles. The molecule has 1 amide bonds. The van der Waals surface area contributed by atoms with Crippen molar-refractivity contribution >= 4 is 44.9 Å². The number of piperazine rings is 1. The molecule has 4 rings (SSSR count). The van der Waals surface area contributed by atoms with E-state index in [1.165, 1.54) is 5.69 Å². The average molecular weight is 480 g/mol. The Balaban J connectivity index is 1.48. The van der Waals surface area contributed by atoms with Gasteiger partial charge in [0.05, 0.1) is 11.3 Å². The van der Waals surface area contributed by atoms with Gasteiger partial charge in [0.15, 0.2) is 0 Å². The number of aromatic carboxylic acids is 1. The molecule has 6 nitrogen and oxygen atoms in total. The van der Waals surface area contributed by atoms with Gasteiger partial charge in [-0.05, 0) is 54.6 Å². The Morgan fingerprint density at radius 2 is 1.42 bits per heavy atom. The van der Waals surface area contributed by atoms with Crippen molar-refractivity contribution in [3.63, 3.8) is 0 Å². The zero-order valence-electron chi connectivity index (χ0n) is 16.8. The van der Waals surface area contributed by atoms with Crippen molar-refractivity contribution in [2.75, 3.05) is 41.3 Å². The summed E-state index contributed by atoms with van der Waals surface area (Å²) < 4.78 is 0.868. The zero-order chi connectivity index (χ0) is 21.8. The molecule has 3 aromatic rings. The van der Waals surface area contributed by atoms with Crippen LogP contribution < -0.4 is 15.1 Å². The molecule has 0 unspecified atom stereocenters. The van der Waals surface area contributed by atoms with Gasteiger partial charge in [0.1, 0.15) is 0 Å². The molecule has 1 aliphatic heterocycles. The third-order valence-electron chi connectivity index (χ3n) is 5.35. The number of anilines is 3. The number of halogens is 1. The highest BCUT2D eigenvalue weighted by molar-refractivity contribution is 9.10. The molecule has 2 N–H and O–H groups in total. The number of carbonyl (C=O) groups excluding carboxylic acids is 1. The van der Waals surface area contributed by atoms with E-state index in [9.17, 15) is 14.7 Å². The Morgan fingerprint density at radius 3 is 2.03 bits per heavy atom. The van der Waals surface area contributed by atoms with E-state index in [-0.39, 0.29) is 17.2 Å². The first-order chi connectivity index (χ1) is 15.0. The lowest BCUT2D eigenvalue weighted by Crippen LogP contribution is -2.46. The van der Waals surface area contributed by atoms with Crippen molar-refractivity contribution in [1.29, 1.82) is 0 Å². The maximum atomic E-state index is 12.5. The third kappa shape index (κ3) is 4.88. The van der Waals surface area contributed by atoms with Crippen LogP contribution in [0.25, 0.3) is 0 Å². The first-order valence-corrected chi connectivity index (χ1v) is 10.8. The molecule has 1 aliphatic rings. The summed E-state index contributed by atoms with van der Waals surface area (Å²) >= 11 is 3.34. The minimum atomic E-state index is -1.07.